The van der Waals surface area contributed by atoms with Crippen molar-refractivity contribution in [1.29, 1.82) is 0 Å². The molecule has 0 unspecified atom stereocenters. The van der Waals surface area contributed by atoms with Crippen molar-refractivity contribution in [1.82, 2.24) is 0 Å². The Morgan fingerprint density at radius 1 is 1.07 bits per heavy atom. The third-order valence-corrected chi connectivity index (χ3v) is 5.89. The Morgan fingerprint density at radius 3 is 2.48 bits per heavy atom. The topological polar surface area (TPSA) is 21.3 Å². The number of benzene rings is 2. The minimum Gasteiger partial charge on any atom is -0.488 e. The van der Waals surface area contributed by atoms with Crippen molar-refractivity contribution >= 4 is 17.0 Å². The highest BCUT2D eigenvalue weighted by Gasteiger charge is 2.36. The van der Waals surface area contributed by atoms with E-state index in [1.807, 2.05) is 32.9 Å². The van der Waals surface area contributed by atoms with E-state index in [2.05, 4.69) is 5.32 Å². The van der Waals surface area contributed by atoms with Gasteiger partial charge < -0.3 is 10.1 Å². The van der Waals surface area contributed by atoms with Gasteiger partial charge in [-0.25, -0.2) is 0 Å². The van der Waals surface area contributed by atoms with E-state index in [4.69, 9.17) is 4.74 Å². The lowest BCUT2D eigenvalue weighted by Gasteiger charge is -2.11. The highest BCUT2D eigenvalue weighted by Crippen LogP contribution is 2.43. The Balaban J connectivity index is 0.00000117. The summed E-state index contributed by atoms with van der Waals surface area (Å²) in [6, 6.07) is 14.1. The van der Waals surface area contributed by atoms with E-state index in [9.17, 15) is 13.2 Å². The number of nitrogens with one attached hydrogen (secondary N) is 1. The molecule has 154 valence electrons. The number of hydrogen-bond donors (Lipinski definition) is 1. The van der Waals surface area contributed by atoms with Gasteiger partial charge in [0.05, 0.1) is 0 Å². The Hall–Kier alpha value is -2.47. The molecule has 29 heavy (non-hydrogen) atoms. The minimum absolute atomic E-state index is 0.119. The summed E-state index contributed by atoms with van der Waals surface area (Å²) in [6.07, 6.45) is -3.45. The van der Waals surface area contributed by atoms with Gasteiger partial charge in [-0.05, 0) is 48.2 Å². The van der Waals surface area contributed by atoms with E-state index in [0.717, 1.165) is 41.3 Å². The molecule has 0 amide bonds. The lowest BCUT2D eigenvalue weighted by molar-refractivity contribution is -0.133. The number of rotatable bonds is 4. The van der Waals surface area contributed by atoms with Gasteiger partial charge in [0, 0.05) is 22.7 Å². The van der Waals surface area contributed by atoms with Gasteiger partial charge in [-0.3, -0.25) is 0 Å². The van der Waals surface area contributed by atoms with Crippen molar-refractivity contribution in [2.75, 3.05) is 11.9 Å². The fourth-order valence-electron chi connectivity index (χ4n) is 3.41. The van der Waals surface area contributed by atoms with Gasteiger partial charge >= 0.3 is 6.18 Å². The second kappa shape index (κ2) is 8.91. The number of anilines is 1. The maximum absolute atomic E-state index is 13.5. The van der Waals surface area contributed by atoms with Crippen LogP contribution in [0.1, 0.15) is 34.7 Å². The second-order valence-corrected chi connectivity index (χ2v) is 7.64. The smallest absolute Gasteiger partial charge is 0.426 e. The van der Waals surface area contributed by atoms with Gasteiger partial charge in [-0.2, -0.15) is 13.2 Å². The largest absolute Gasteiger partial charge is 0.488 e. The van der Waals surface area contributed by atoms with Crippen LogP contribution in [0.25, 0.3) is 11.1 Å². The van der Waals surface area contributed by atoms with Crippen molar-refractivity contribution in [3.05, 3.63) is 69.4 Å². The standard InChI is InChI=1S/C21H18F3NOS.C2H6/c1-13-16-9-10-25-18(16)7-8-19(13)26-12-15-11-17(14-5-3-2-4-6-14)20(27-15)21(22,23)24;1-2/h2-8,11,25H,9-10,12H2,1H3;1-2H3. The Bertz CT molecular complexity index is 964. The second-order valence-electron chi connectivity index (χ2n) is 6.50. The van der Waals surface area contributed by atoms with Crippen LogP contribution in [0.15, 0.2) is 48.5 Å². The molecule has 1 aliphatic rings. The number of thiophene rings is 1. The lowest BCUT2D eigenvalue weighted by Crippen LogP contribution is -2.03. The zero-order valence-corrected chi connectivity index (χ0v) is 17.5. The lowest BCUT2D eigenvalue weighted by atomic mass is 10.1. The summed E-state index contributed by atoms with van der Waals surface area (Å²) in [4.78, 5) is -0.0265. The summed E-state index contributed by atoms with van der Waals surface area (Å²) in [5, 5.41) is 3.31. The van der Waals surface area contributed by atoms with Crippen LogP contribution in [0, 0.1) is 6.92 Å². The molecule has 0 saturated carbocycles. The molecule has 6 heteroatoms. The van der Waals surface area contributed by atoms with Gasteiger partial charge in [0.25, 0.3) is 0 Å². The average Bonchev–Trinajstić information content (AvgIpc) is 3.37. The number of fused-ring (bicyclic) bond motifs is 1. The molecule has 2 nitrogen and oxygen atoms in total. The molecule has 2 heterocycles. The zero-order chi connectivity index (χ0) is 21.0. The fraction of sp³-hybridized carbons (Fsp3) is 0.304. The molecule has 0 atom stereocenters. The van der Waals surface area contributed by atoms with Crippen molar-refractivity contribution in [3.8, 4) is 16.9 Å². The zero-order valence-electron chi connectivity index (χ0n) is 16.7. The first-order chi connectivity index (χ1) is 13.9. The van der Waals surface area contributed by atoms with Crippen LogP contribution >= 0.6 is 11.3 Å². The molecule has 1 aromatic heterocycles. The normalized spacial score (nSPS) is 12.6. The van der Waals surface area contributed by atoms with Gasteiger partial charge in [-0.1, -0.05) is 44.2 Å². The highest BCUT2D eigenvalue weighted by molar-refractivity contribution is 7.12. The molecular formula is C23H24F3NOS. The van der Waals surface area contributed by atoms with E-state index in [0.29, 0.717) is 10.4 Å². The van der Waals surface area contributed by atoms with Crippen molar-refractivity contribution < 1.29 is 17.9 Å². The molecule has 0 spiro atoms. The molecule has 3 aromatic rings. The number of alkyl halides is 3. The maximum atomic E-state index is 13.5. The molecule has 2 aromatic carbocycles. The molecule has 1 N–H and O–H groups in total. The Labute approximate surface area is 173 Å². The van der Waals surface area contributed by atoms with Gasteiger partial charge in [0.2, 0.25) is 0 Å². The Morgan fingerprint density at radius 2 is 1.79 bits per heavy atom. The first kappa shape index (κ1) is 21.2. The predicted octanol–water partition coefficient (Wildman–Crippen LogP) is 7.32. The van der Waals surface area contributed by atoms with Gasteiger partial charge in [-0.15, -0.1) is 11.3 Å². The fourth-order valence-corrected chi connectivity index (χ4v) is 4.37. The van der Waals surface area contributed by atoms with Crippen LogP contribution in [0.5, 0.6) is 5.75 Å². The first-order valence-electron chi connectivity index (χ1n) is 9.68. The van der Waals surface area contributed by atoms with Crippen LogP contribution in [-0.4, -0.2) is 6.54 Å². The maximum Gasteiger partial charge on any atom is 0.426 e. The monoisotopic (exact) mass is 419 g/mol. The van der Waals surface area contributed by atoms with Gasteiger partial charge in [0.1, 0.15) is 17.2 Å². The number of halogens is 3. The quantitative estimate of drug-likeness (QED) is 0.478. The van der Waals surface area contributed by atoms with E-state index in [1.54, 1.807) is 36.4 Å². The first-order valence-corrected chi connectivity index (χ1v) is 10.5. The molecule has 0 fully saturated rings. The number of hydrogen-bond acceptors (Lipinski definition) is 3. The van der Waals surface area contributed by atoms with Gasteiger partial charge in [0.15, 0.2) is 0 Å². The SMILES string of the molecule is CC.Cc1c(OCc2cc(-c3ccccc3)c(C(F)(F)F)s2)ccc2c1CCN2. The molecule has 0 aliphatic carbocycles. The molecule has 1 aliphatic heterocycles. The van der Waals surface area contributed by atoms with Crippen LogP contribution in [-0.2, 0) is 19.2 Å². The van der Waals surface area contributed by atoms with E-state index in [-0.39, 0.29) is 12.2 Å². The van der Waals surface area contributed by atoms with Crippen molar-refractivity contribution in [3.63, 3.8) is 0 Å². The third kappa shape index (κ3) is 4.58. The summed E-state index contributed by atoms with van der Waals surface area (Å²) < 4.78 is 46.3. The minimum atomic E-state index is -4.39. The van der Waals surface area contributed by atoms with Crippen molar-refractivity contribution in [2.24, 2.45) is 0 Å². The molecular weight excluding hydrogens is 395 g/mol. The summed E-state index contributed by atoms with van der Waals surface area (Å²) in [5.74, 6) is 0.723. The molecule has 0 saturated heterocycles. The molecule has 0 bridgehead atoms. The summed E-state index contributed by atoms with van der Waals surface area (Å²) in [6.45, 7) is 7.01. The van der Waals surface area contributed by atoms with Crippen LogP contribution in [0.2, 0.25) is 0 Å². The van der Waals surface area contributed by atoms with Crippen LogP contribution < -0.4 is 10.1 Å². The average molecular weight is 420 g/mol. The highest BCUT2D eigenvalue weighted by atomic mass is 32.1. The number of ether oxygens (including phenoxy) is 1. The molecule has 0 radical (unpaired) electrons. The Kier molecular flexibility index (Phi) is 6.52. The summed E-state index contributed by atoms with van der Waals surface area (Å²) >= 11 is 0.749. The van der Waals surface area contributed by atoms with E-state index in [1.165, 1.54) is 5.56 Å². The predicted molar refractivity (Wildman–Crippen MR) is 114 cm³/mol. The van der Waals surface area contributed by atoms with Crippen molar-refractivity contribution in [2.45, 2.75) is 40.0 Å². The summed E-state index contributed by atoms with van der Waals surface area (Å²) in [7, 11) is 0. The summed E-state index contributed by atoms with van der Waals surface area (Å²) in [5.41, 5.74) is 4.16. The van der Waals surface area contributed by atoms with Crippen LogP contribution in [0.4, 0.5) is 18.9 Å². The molecule has 4 rings (SSSR count). The van der Waals surface area contributed by atoms with Crippen LogP contribution in [0.3, 0.4) is 0 Å². The van der Waals surface area contributed by atoms with E-state index < -0.39 is 11.1 Å². The van der Waals surface area contributed by atoms with E-state index >= 15 is 0 Å². The third-order valence-electron chi connectivity index (χ3n) is 4.73.